The summed E-state index contributed by atoms with van der Waals surface area (Å²) in [5.74, 6) is 0. The normalized spacial score (nSPS) is 13.7. The van der Waals surface area contributed by atoms with Crippen LogP contribution in [0.3, 0.4) is 0 Å². The number of aromatic nitrogens is 2. The van der Waals surface area contributed by atoms with E-state index in [0.717, 1.165) is 25.9 Å². The van der Waals surface area contributed by atoms with Crippen molar-refractivity contribution in [3.63, 3.8) is 0 Å². The van der Waals surface area contributed by atoms with Crippen LogP contribution in [-0.2, 0) is 19.4 Å². The lowest BCUT2D eigenvalue weighted by atomic mass is 9.83. The van der Waals surface area contributed by atoms with Crippen molar-refractivity contribution in [3.05, 3.63) is 17.5 Å². The first kappa shape index (κ1) is 17.2. The van der Waals surface area contributed by atoms with Gasteiger partial charge in [-0.05, 0) is 50.6 Å². The summed E-state index contributed by atoms with van der Waals surface area (Å²) in [7, 11) is 0. The number of hydrogen-bond acceptors (Lipinski definition) is 2. The average molecular weight is 279 g/mol. The zero-order chi connectivity index (χ0) is 15.2. The average Bonchev–Trinajstić information content (AvgIpc) is 2.79. The molecule has 0 spiro atoms. The van der Waals surface area contributed by atoms with Crippen LogP contribution in [0.15, 0.2) is 6.07 Å². The Labute approximate surface area is 125 Å². The highest BCUT2D eigenvalue weighted by Crippen LogP contribution is 2.23. The van der Waals surface area contributed by atoms with E-state index in [2.05, 4.69) is 62.7 Å². The number of aryl methyl sites for hydroxylation is 3. The summed E-state index contributed by atoms with van der Waals surface area (Å²) in [4.78, 5) is 0. The third-order valence-electron chi connectivity index (χ3n) is 4.00. The Morgan fingerprint density at radius 3 is 2.45 bits per heavy atom. The van der Waals surface area contributed by atoms with Crippen molar-refractivity contribution >= 4 is 0 Å². The van der Waals surface area contributed by atoms with E-state index in [4.69, 9.17) is 0 Å². The van der Waals surface area contributed by atoms with Crippen LogP contribution in [0.5, 0.6) is 0 Å². The Morgan fingerprint density at radius 2 is 1.95 bits per heavy atom. The Morgan fingerprint density at radius 1 is 1.25 bits per heavy atom. The predicted octanol–water partition coefficient (Wildman–Crippen LogP) is 3.81. The summed E-state index contributed by atoms with van der Waals surface area (Å²) in [5.41, 5.74) is 2.95. The van der Waals surface area contributed by atoms with E-state index in [0.29, 0.717) is 11.5 Å². The van der Waals surface area contributed by atoms with Crippen LogP contribution in [0.1, 0.15) is 65.8 Å². The third kappa shape index (κ3) is 4.93. The van der Waals surface area contributed by atoms with Gasteiger partial charge in [-0.2, -0.15) is 5.10 Å². The fourth-order valence-electron chi connectivity index (χ4n) is 2.74. The highest BCUT2D eigenvalue weighted by atomic mass is 15.3. The number of nitrogens with zero attached hydrogens (tertiary/aromatic N) is 2. The second-order valence-corrected chi connectivity index (χ2v) is 6.66. The molecule has 1 unspecified atom stereocenters. The Kier molecular flexibility index (Phi) is 6.74. The summed E-state index contributed by atoms with van der Waals surface area (Å²) in [6.45, 7) is 15.5. The quantitative estimate of drug-likeness (QED) is 0.784. The van der Waals surface area contributed by atoms with Crippen molar-refractivity contribution in [2.75, 3.05) is 6.54 Å². The van der Waals surface area contributed by atoms with E-state index in [-0.39, 0.29) is 0 Å². The molecule has 0 aromatic carbocycles. The van der Waals surface area contributed by atoms with Gasteiger partial charge >= 0.3 is 0 Å². The zero-order valence-electron chi connectivity index (χ0n) is 14.3. The van der Waals surface area contributed by atoms with E-state index in [1.54, 1.807) is 0 Å². The molecule has 3 heteroatoms. The molecule has 0 aliphatic heterocycles. The molecule has 0 aliphatic rings. The van der Waals surface area contributed by atoms with Crippen LogP contribution >= 0.6 is 0 Å². The van der Waals surface area contributed by atoms with Gasteiger partial charge < -0.3 is 5.32 Å². The van der Waals surface area contributed by atoms with Gasteiger partial charge in [0.15, 0.2) is 0 Å². The first-order valence-electron chi connectivity index (χ1n) is 8.21. The largest absolute Gasteiger partial charge is 0.314 e. The Balaban J connectivity index is 2.56. The topological polar surface area (TPSA) is 29.9 Å². The van der Waals surface area contributed by atoms with E-state index in [1.165, 1.54) is 24.2 Å². The van der Waals surface area contributed by atoms with Gasteiger partial charge in [0.1, 0.15) is 0 Å². The zero-order valence-corrected chi connectivity index (χ0v) is 14.3. The number of nitrogens with one attached hydrogen (secondary N) is 1. The minimum Gasteiger partial charge on any atom is -0.314 e. The smallest absolute Gasteiger partial charge is 0.0624 e. The van der Waals surface area contributed by atoms with Gasteiger partial charge in [-0.25, -0.2) is 0 Å². The first-order chi connectivity index (χ1) is 9.42. The molecule has 0 amide bonds. The molecule has 116 valence electrons. The van der Waals surface area contributed by atoms with E-state index in [9.17, 15) is 0 Å². The molecule has 1 rings (SSSR count). The van der Waals surface area contributed by atoms with Crippen LogP contribution in [-0.4, -0.2) is 22.4 Å². The second kappa shape index (κ2) is 7.82. The standard InChI is InChI=1S/C17H33N3/c1-7-14-13-15(20(9-3)19-14)11-10-12-16(18-8-2)17(4,5)6/h13,16,18H,7-12H2,1-6H3. The molecule has 0 radical (unpaired) electrons. The molecular weight excluding hydrogens is 246 g/mol. The third-order valence-corrected chi connectivity index (χ3v) is 4.00. The van der Waals surface area contributed by atoms with Crippen LogP contribution in [0.25, 0.3) is 0 Å². The van der Waals surface area contributed by atoms with Gasteiger partial charge in [0.05, 0.1) is 5.69 Å². The van der Waals surface area contributed by atoms with Crippen molar-refractivity contribution in [3.8, 4) is 0 Å². The first-order valence-corrected chi connectivity index (χ1v) is 8.21. The van der Waals surface area contributed by atoms with Gasteiger partial charge in [0, 0.05) is 18.3 Å². The molecule has 1 aromatic heterocycles. The number of rotatable bonds is 8. The van der Waals surface area contributed by atoms with Gasteiger partial charge in [0.2, 0.25) is 0 Å². The second-order valence-electron chi connectivity index (χ2n) is 6.66. The summed E-state index contributed by atoms with van der Waals surface area (Å²) in [6.07, 6.45) is 4.62. The van der Waals surface area contributed by atoms with Gasteiger partial charge in [-0.1, -0.05) is 34.6 Å². The minimum absolute atomic E-state index is 0.329. The van der Waals surface area contributed by atoms with Crippen molar-refractivity contribution in [2.24, 2.45) is 5.41 Å². The van der Waals surface area contributed by atoms with Gasteiger partial charge in [-0.3, -0.25) is 4.68 Å². The molecule has 0 aliphatic carbocycles. The summed E-state index contributed by atoms with van der Waals surface area (Å²) >= 11 is 0. The molecule has 0 saturated carbocycles. The van der Waals surface area contributed by atoms with Crippen molar-refractivity contribution < 1.29 is 0 Å². The summed E-state index contributed by atoms with van der Waals surface area (Å²) in [6, 6.07) is 2.87. The lowest BCUT2D eigenvalue weighted by Gasteiger charge is -2.31. The molecule has 20 heavy (non-hydrogen) atoms. The molecule has 0 bridgehead atoms. The molecule has 1 atom stereocenters. The van der Waals surface area contributed by atoms with Crippen LogP contribution in [0.4, 0.5) is 0 Å². The molecule has 1 aromatic rings. The highest BCUT2D eigenvalue weighted by molar-refractivity contribution is 5.10. The SMILES string of the molecule is CCNC(CCCc1cc(CC)nn1CC)C(C)(C)C. The fraction of sp³-hybridized carbons (Fsp3) is 0.824. The molecule has 1 heterocycles. The van der Waals surface area contributed by atoms with Gasteiger partial charge in [-0.15, -0.1) is 0 Å². The van der Waals surface area contributed by atoms with Gasteiger partial charge in [0.25, 0.3) is 0 Å². The van der Waals surface area contributed by atoms with Crippen molar-refractivity contribution in [1.82, 2.24) is 15.1 Å². The Hall–Kier alpha value is -0.830. The summed E-state index contributed by atoms with van der Waals surface area (Å²) in [5, 5.41) is 8.26. The predicted molar refractivity (Wildman–Crippen MR) is 87.1 cm³/mol. The van der Waals surface area contributed by atoms with Crippen LogP contribution < -0.4 is 5.32 Å². The maximum absolute atomic E-state index is 4.63. The van der Waals surface area contributed by atoms with E-state index in [1.807, 2.05) is 0 Å². The fourth-order valence-corrected chi connectivity index (χ4v) is 2.74. The maximum atomic E-state index is 4.63. The molecular formula is C17H33N3. The molecule has 3 nitrogen and oxygen atoms in total. The van der Waals surface area contributed by atoms with Crippen molar-refractivity contribution in [1.29, 1.82) is 0 Å². The molecule has 0 saturated heterocycles. The van der Waals surface area contributed by atoms with Crippen LogP contribution in [0, 0.1) is 5.41 Å². The maximum Gasteiger partial charge on any atom is 0.0624 e. The molecule has 1 N–H and O–H groups in total. The van der Waals surface area contributed by atoms with Crippen molar-refractivity contribution in [2.45, 2.75) is 79.8 Å². The lowest BCUT2D eigenvalue weighted by Crippen LogP contribution is -2.40. The Bertz CT molecular complexity index is 387. The highest BCUT2D eigenvalue weighted by Gasteiger charge is 2.23. The summed E-state index contributed by atoms with van der Waals surface area (Å²) < 4.78 is 2.16. The van der Waals surface area contributed by atoms with E-state index < -0.39 is 0 Å². The van der Waals surface area contributed by atoms with E-state index >= 15 is 0 Å². The lowest BCUT2D eigenvalue weighted by molar-refractivity contribution is 0.254. The number of hydrogen-bond donors (Lipinski definition) is 1. The molecule has 0 fully saturated rings. The van der Waals surface area contributed by atoms with Crippen LogP contribution in [0.2, 0.25) is 0 Å². The minimum atomic E-state index is 0.329. The monoisotopic (exact) mass is 279 g/mol.